The molecule has 2 aliphatic rings. The van der Waals surface area contributed by atoms with Crippen molar-refractivity contribution in [2.45, 2.75) is 68.3 Å². The summed E-state index contributed by atoms with van der Waals surface area (Å²) in [6.07, 6.45) is 6.74. The predicted octanol–water partition coefficient (Wildman–Crippen LogP) is 1.79. The molecule has 1 saturated carbocycles. The molecule has 1 aliphatic carbocycles. The Morgan fingerprint density at radius 2 is 1.69 bits per heavy atom. The van der Waals surface area contributed by atoms with Crippen LogP contribution in [0.4, 0.5) is 0 Å². The summed E-state index contributed by atoms with van der Waals surface area (Å²) >= 11 is 0. The normalized spacial score (nSPS) is 24.5. The van der Waals surface area contributed by atoms with Crippen LogP contribution < -0.4 is 11.1 Å². The molecule has 1 saturated heterocycles. The van der Waals surface area contributed by atoms with Crippen LogP contribution in [0.1, 0.15) is 50.5 Å². The molecular weight excluding hydrogens is 350 g/mol. The third-order valence-corrected chi connectivity index (χ3v) is 7.32. The molecule has 0 atom stereocenters. The van der Waals surface area contributed by atoms with Gasteiger partial charge in [-0.05, 0) is 62.6 Å². The first-order chi connectivity index (χ1) is 12.4. The Balaban J connectivity index is 1.49. The lowest BCUT2D eigenvalue weighted by Crippen LogP contribution is -2.40. The molecule has 144 valence electrons. The van der Waals surface area contributed by atoms with Crippen LogP contribution in [0.15, 0.2) is 29.2 Å². The minimum atomic E-state index is -3.37. The van der Waals surface area contributed by atoms with Crippen LogP contribution in [-0.4, -0.2) is 43.8 Å². The summed E-state index contributed by atoms with van der Waals surface area (Å²) < 4.78 is 26.6. The van der Waals surface area contributed by atoms with E-state index in [1.165, 1.54) is 0 Å². The van der Waals surface area contributed by atoms with Gasteiger partial charge in [-0.2, -0.15) is 4.31 Å². The molecule has 0 aromatic heterocycles. The Labute approximate surface area is 156 Å². The summed E-state index contributed by atoms with van der Waals surface area (Å²) in [5.41, 5.74) is 6.86. The van der Waals surface area contributed by atoms with Crippen molar-refractivity contribution >= 4 is 15.9 Å². The number of aryl methyl sites for hydroxylation is 1. The second-order valence-electron chi connectivity index (χ2n) is 7.43. The number of nitrogens with zero attached hydrogens (tertiary/aromatic N) is 1. The third-order valence-electron chi connectivity index (χ3n) is 5.40. The van der Waals surface area contributed by atoms with E-state index >= 15 is 0 Å². The number of nitrogens with one attached hydrogen (secondary N) is 1. The second kappa shape index (κ2) is 8.50. The molecule has 0 unspecified atom stereocenters. The zero-order chi connectivity index (χ0) is 18.6. The summed E-state index contributed by atoms with van der Waals surface area (Å²) in [6.45, 7) is 1.21. The van der Waals surface area contributed by atoms with E-state index in [4.69, 9.17) is 5.73 Å². The zero-order valence-corrected chi connectivity index (χ0v) is 16.0. The van der Waals surface area contributed by atoms with E-state index in [1.807, 2.05) is 12.1 Å². The van der Waals surface area contributed by atoms with Crippen molar-refractivity contribution in [3.05, 3.63) is 29.8 Å². The maximum atomic E-state index is 12.5. The van der Waals surface area contributed by atoms with E-state index < -0.39 is 10.0 Å². The molecule has 1 aliphatic heterocycles. The van der Waals surface area contributed by atoms with Gasteiger partial charge >= 0.3 is 0 Å². The molecule has 1 heterocycles. The number of carbonyl (C=O) groups excluding carboxylic acids is 1. The van der Waals surface area contributed by atoms with Crippen molar-refractivity contribution in [1.29, 1.82) is 0 Å². The molecule has 3 N–H and O–H groups in total. The lowest BCUT2D eigenvalue weighted by molar-refractivity contribution is -0.122. The fourth-order valence-corrected chi connectivity index (χ4v) is 5.24. The van der Waals surface area contributed by atoms with Gasteiger partial charge in [0.25, 0.3) is 0 Å². The van der Waals surface area contributed by atoms with E-state index in [0.29, 0.717) is 30.8 Å². The lowest BCUT2D eigenvalue weighted by Gasteiger charge is -2.26. The Morgan fingerprint density at radius 3 is 2.31 bits per heavy atom. The summed E-state index contributed by atoms with van der Waals surface area (Å²) in [6, 6.07) is 7.47. The molecule has 3 rings (SSSR count). The van der Waals surface area contributed by atoms with Gasteiger partial charge in [-0.15, -0.1) is 0 Å². The lowest BCUT2D eigenvalue weighted by atomic mass is 9.92. The smallest absolute Gasteiger partial charge is 0.243 e. The largest absolute Gasteiger partial charge is 0.353 e. The van der Waals surface area contributed by atoms with Gasteiger partial charge in [-0.1, -0.05) is 12.1 Å². The molecule has 1 aromatic rings. The quantitative estimate of drug-likeness (QED) is 0.788. The SMILES string of the molecule is NC1CCC(NC(=O)CCc2ccc(S(=O)(=O)N3CCCC3)cc2)CC1. The van der Waals surface area contributed by atoms with Gasteiger partial charge in [0, 0.05) is 31.6 Å². The third kappa shape index (κ3) is 4.84. The van der Waals surface area contributed by atoms with Crippen LogP contribution in [0.3, 0.4) is 0 Å². The number of nitrogens with two attached hydrogens (primary N) is 1. The Hall–Kier alpha value is -1.44. The Bertz CT molecular complexity index is 704. The second-order valence-corrected chi connectivity index (χ2v) is 9.37. The van der Waals surface area contributed by atoms with Crippen molar-refractivity contribution in [3.63, 3.8) is 0 Å². The molecular formula is C19H29N3O3S. The molecule has 26 heavy (non-hydrogen) atoms. The van der Waals surface area contributed by atoms with Crippen molar-refractivity contribution < 1.29 is 13.2 Å². The topological polar surface area (TPSA) is 92.5 Å². The molecule has 0 radical (unpaired) electrons. The van der Waals surface area contributed by atoms with E-state index in [-0.39, 0.29) is 18.0 Å². The van der Waals surface area contributed by atoms with Gasteiger partial charge in [0.2, 0.25) is 15.9 Å². The standard InChI is InChI=1S/C19H29N3O3S/c20-16-6-8-17(9-7-16)21-19(23)12-5-15-3-10-18(11-4-15)26(24,25)22-13-1-2-14-22/h3-4,10-11,16-17H,1-2,5-9,12-14,20H2,(H,21,23). The van der Waals surface area contributed by atoms with E-state index in [2.05, 4.69) is 5.32 Å². The van der Waals surface area contributed by atoms with Crippen molar-refractivity contribution in [3.8, 4) is 0 Å². The van der Waals surface area contributed by atoms with Gasteiger partial charge in [0.1, 0.15) is 0 Å². The highest BCUT2D eigenvalue weighted by Gasteiger charge is 2.27. The first kappa shape index (κ1) is 19.3. The summed E-state index contributed by atoms with van der Waals surface area (Å²) in [5, 5.41) is 3.09. The van der Waals surface area contributed by atoms with Crippen LogP contribution in [0.5, 0.6) is 0 Å². The van der Waals surface area contributed by atoms with E-state index in [0.717, 1.165) is 44.1 Å². The van der Waals surface area contributed by atoms with E-state index in [9.17, 15) is 13.2 Å². The summed E-state index contributed by atoms with van der Waals surface area (Å²) in [5.74, 6) is 0.0548. The summed E-state index contributed by atoms with van der Waals surface area (Å²) in [4.78, 5) is 12.5. The highest BCUT2D eigenvalue weighted by atomic mass is 32.2. The first-order valence-corrected chi connectivity index (χ1v) is 11.0. The van der Waals surface area contributed by atoms with Crippen LogP contribution >= 0.6 is 0 Å². The van der Waals surface area contributed by atoms with Gasteiger partial charge in [0.05, 0.1) is 4.90 Å². The fourth-order valence-electron chi connectivity index (χ4n) is 3.73. The number of hydrogen-bond donors (Lipinski definition) is 2. The number of amides is 1. The van der Waals surface area contributed by atoms with Gasteiger partial charge in [0.15, 0.2) is 0 Å². The maximum Gasteiger partial charge on any atom is 0.243 e. The minimum absolute atomic E-state index is 0.0548. The van der Waals surface area contributed by atoms with Crippen LogP contribution in [0.25, 0.3) is 0 Å². The van der Waals surface area contributed by atoms with Crippen molar-refractivity contribution in [2.75, 3.05) is 13.1 Å². The number of sulfonamides is 1. The van der Waals surface area contributed by atoms with Crippen LogP contribution in [0, 0.1) is 0 Å². The van der Waals surface area contributed by atoms with Crippen molar-refractivity contribution in [2.24, 2.45) is 5.73 Å². The Morgan fingerprint density at radius 1 is 1.08 bits per heavy atom. The summed E-state index contributed by atoms with van der Waals surface area (Å²) in [7, 11) is -3.37. The fraction of sp³-hybridized carbons (Fsp3) is 0.632. The monoisotopic (exact) mass is 379 g/mol. The average molecular weight is 380 g/mol. The van der Waals surface area contributed by atoms with Crippen molar-refractivity contribution in [1.82, 2.24) is 9.62 Å². The number of rotatable bonds is 6. The highest BCUT2D eigenvalue weighted by Crippen LogP contribution is 2.21. The van der Waals surface area contributed by atoms with Crippen LogP contribution in [-0.2, 0) is 21.2 Å². The molecule has 6 nitrogen and oxygen atoms in total. The van der Waals surface area contributed by atoms with Gasteiger partial charge in [-0.3, -0.25) is 4.79 Å². The predicted molar refractivity (Wildman–Crippen MR) is 101 cm³/mol. The van der Waals surface area contributed by atoms with Gasteiger partial charge < -0.3 is 11.1 Å². The molecule has 7 heteroatoms. The average Bonchev–Trinajstić information content (AvgIpc) is 3.18. The maximum absolute atomic E-state index is 12.5. The highest BCUT2D eigenvalue weighted by molar-refractivity contribution is 7.89. The minimum Gasteiger partial charge on any atom is -0.353 e. The number of benzene rings is 1. The molecule has 0 spiro atoms. The van der Waals surface area contributed by atoms with E-state index in [1.54, 1.807) is 16.4 Å². The first-order valence-electron chi connectivity index (χ1n) is 9.59. The molecule has 0 bridgehead atoms. The molecule has 2 fully saturated rings. The Kier molecular flexibility index (Phi) is 6.32. The number of carbonyl (C=O) groups is 1. The molecule has 1 amide bonds. The zero-order valence-electron chi connectivity index (χ0n) is 15.2. The number of hydrogen-bond acceptors (Lipinski definition) is 4. The van der Waals surface area contributed by atoms with Crippen LogP contribution in [0.2, 0.25) is 0 Å². The molecule has 1 aromatic carbocycles. The van der Waals surface area contributed by atoms with Gasteiger partial charge in [-0.25, -0.2) is 8.42 Å².